The van der Waals surface area contributed by atoms with Gasteiger partial charge in [-0.25, -0.2) is 0 Å². The number of rotatable bonds is 68. The zero-order valence-electron chi connectivity index (χ0n) is 55.8. The molecule has 0 aromatic rings. The van der Waals surface area contributed by atoms with E-state index in [2.05, 4.69) is 50.3 Å². The van der Waals surface area contributed by atoms with Gasteiger partial charge in [-0.15, -0.1) is 0 Å². The summed E-state index contributed by atoms with van der Waals surface area (Å²) >= 11 is 0. The average Bonchev–Trinajstić information content (AvgIpc) is 3.46. The number of esters is 2. The number of unbranched alkanes of at least 4 members (excludes halogenated alkanes) is 47. The summed E-state index contributed by atoms with van der Waals surface area (Å²) in [7, 11) is 5.93. The Hall–Kier alpha value is -2.49. The number of allylic oxidation sites excluding steroid dienone is 6. The second-order valence-corrected chi connectivity index (χ2v) is 25.9. The number of carbonyl (C=O) groups is 3. The van der Waals surface area contributed by atoms with Crippen molar-refractivity contribution >= 4 is 17.9 Å². The lowest BCUT2D eigenvalue weighted by atomic mass is 10.0. The van der Waals surface area contributed by atoms with Crippen LogP contribution in [0.2, 0.25) is 0 Å². The molecule has 2 atom stereocenters. The lowest BCUT2D eigenvalue weighted by Gasteiger charge is -2.26. The maximum atomic E-state index is 12.9. The molecule has 0 aromatic heterocycles. The molecule has 83 heavy (non-hydrogen) atoms. The van der Waals surface area contributed by atoms with E-state index in [1.54, 1.807) is 0 Å². The van der Waals surface area contributed by atoms with Crippen molar-refractivity contribution in [3.05, 3.63) is 36.5 Å². The van der Waals surface area contributed by atoms with Crippen molar-refractivity contribution < 1.29 is 42.9 Å². The van der Waals surface area contributed by atoms with Crippen LogP contribution in [0.1, 0.15) is 361 Å². The summed E-state index contributed by atoms with van der Waals surface area (Å²) in [4.78, 5) is 37.4. The van der Waals surface area contributed by atoms with Crippen LogP contribution >= 0.6 is 0 Å². The molecule has 0 aliphatic carbocycles. The molecule has 0 radical (unpaired) electrons. The molecule has 0 spiro atoms. The fourth-order valence-electron chi connectivity index (χ4n) is 10.9. The minimum atomic E-state index is -1.62. The Morgan fingerprint density at radius 1 is 0.373 bits per heavy atom. The van der Waals surface area contributed by atoms with Gasteiger partial charge >= 0.3 is 11.9 Å². The molecule has 0 amide bonds. The lowest BCUT2D eigenvalue weighted by Crippen LogP contribution is -2.44. The summed E-state index contributed by atoms with van der Waals surface area (Å²) in [5.41, 5.74) is 0. The number of likely N-dealkylation sites (N-methyl/N-ethyl adjacent to an activating group) is 1. The summed E-state index contributed by atoms with van der Waals surface area (Å²) in [6, 6.07) is 0. The van der Waals surface area contributed by atoms with Gasteiger partial charge in [-0.3, -0.25) is 9.59 Å². The summed E-state index contributed by atoms with van der Waals surface area (Å²) in [5.74, 6) is -2.28. The topological polar surface area (TPSA) is 111 Å². The zero-order valence-corrected chi connectivity index (χ0v) is 55.8. The van der Waals surface area contributed by atoms with E-state index in [1.807, 2.05) is 21.1 Å². The van der Waals surface area contributed by atoms with Crippen molar-refractivity contribution in [3.63, 3.8) is 0 Å². The van der Waals surface area contributed by atoms with E-state index >= 15 is 0 Å². The van der Waals surface area contributed by atoms with E-state index in [9.17, 15) is 19.5 Å². The number of hydrogen-bond acceptors (Lipinski definition) is 8. The normalized spacial score (nSPS) is 12.8. The Bertz CT molecular complexity index is 1450. The van der Waals surface area contributed by atoms with Gasteiger partial charge in [-0.05, 0) is 44.9 Å². The predicted molar refractivity (Wildman–Crippen MR) is 353 cm³/mol. The number of hydrogen-bond donors (Lipinski definition) is 0. The predicted octanol–water partition coefficient (Wildman–Crippen LogP) is 21.0. The molecule has 0 fully saturated rings. The van der Waals surface area contributed by atoms with Gasteiger partial charge in [0.05, 0.1) is 40.3 Å². The van der Waals surface area contributed by atoms with Crippen LogP contribution in [0.5, 0.6) is 0 Å². The van der Waals surface area contributed by atoms with Gasteiger partial charge in [-0.2, -0.15) is 0 Å². The van der Waals surface area contributed by atoms with Crippen molar-refractivity contribution in [3.8, 4) is 0 Å². The maximum absolute atomic E-state index is 12.9. The van der Waals surface area contributed by atoms with Gasteiger partial charge in [0.15, 0.2) is 12.4 Å². The first-order chi connectivity index (χ1) is 40.6. The smallest absolute Gasteiger partial charge is 0.306 e. The summed E-state index contributed by atoms with van der Waals surface area (Å²) in [6.07, 6.45) is 79.9. The van der Waals surface area contributed by atoms with Crippen LogP contribution < -0.4 is 5.11 Å². The molecule has 9 heteroatoms. The minimum absolute atomic E-state index is 0.147. The van der Waals surface area contributed by atoms with Gasteiger partial charge in [0.1, 0.15) is 13.2 Å². The highest BCUT2D eigenvalue weighted by Crippen LogP contribution is 2.19. The fourth-order valence-corrected chi connectivity index (χ4v) is 10.9. The summed E-state index contributed by atoms with van der Waals surface area (Å²) in [6.45, 7) is 4.68. The first-order valence-corrected chi connectivity index (χ1v) is 36.1. The highest BCUT2D eigenvalue weighted by atomic mass is 16.7. The summed E-state index contributed by atoms with van der Waals surface area (Å²) in [5, 5.41) is 11.8. The van der Waals surface area contributed by atoms with Crippen LogP contribution in [0, 0.1) is 0 Å². The molecule has 0 aliphatic heterocycles. The van der Waals surface area contributed by atoms with E-state index in [-0.39, 0.29) is 32.2 Å². The van der Waals surface area contributed by atoms with E-state index < -0.39 is 24.3 Å². The molecule has 9 nitrogen and oxygen atoms in total. The monoisotopic (exact) mass is 1170 g/mol. The van der Waals surface area contributed by atoms with Crippen LogP contribution in [0.4, 0.5) is 0 Å². The van der Waals surface area contributed by atoms with E-state index in [0.29, 0.717) is 23.9 Å². The van der Waals surface area contributed by atoms with Crippen molar-refractivity contribution in [2.45, 2.75) is 373 Å². The largest absolute Gasteiger partial charge is 0.545 e. The summed E-state index contributed by atoms with van der Waals surface area (Å²) < 4.78 is 22.8. The average molecular weight is 1170 g/mol. The molecule has 0 bridgehead atoms. The van der Waals surface area contributed by atoms with Gasteiger partial charge in [-0.1, -0.05) is 339 Å². The molecule has 0 aliphatic rings. The van der Waals surface area contributed by atoms with Gasteiger partial charge in [0.2, 0.25) is 0 Å². The Kier molecular flexibility index (Phi) is 63.5. The molecule has 0 aromatic carbocycles. The second-order valence-electron chi connectivity index (χ2n) is 25.9. The number of aliphatic carboxylic acids is 1. The van der Waals surface area contributed by atoms with Crippen molar-refractivity contribution in [2.24, 2.45) is 0 Å². The molecule has 0 heterocycles. The van der Waals surface area contributed by atoms with Crippen molar-refractivity contribution in [2.75, 3.05) is 47.5 Å². The molecular weight excluding hydrogens is 1030 g/mol. The van der Waals surface area contributed by atoms with Crippen LogP contribution in [-0.2, 0) is 33.3 Å². The quantitative estimate of drug-likeness (QED) is 0.0195. The van der Waals surface area contributed by atoms with Gasteiger partial charge in [0, 0.05) is 12.8 Å². The minimum Gasteiger partial charge on any atom is -0.545 e. The van der Waals surface area contributed by atoms with Gasteiger partial charge < -0.3 is 33.3 Å². The Morgan fingerprint density at radius 3 is 1.02 bits per heavy atom. The standard InChI is InChI=1S/C74H139NO8/c1-6-8-10-12-14-16-18-20-22-24-25-26-27-28-29-30-31-32-33-34-35-36-37-38-39-40-41-42-43-44-45-46-47-49-50-52-54-56-58-60-62-64-71(76)81-68-70(69-82-74(73(78)79)80-67-66-75(3,4)5)83-72(77)65-63-61-59-57-55-53-51-48-23-21-19-17-15-13-11-9-7-2/h9,11,15,17,21,23,70,74H,6-8,10,12-14,16,18-20,22,24-69H2,1-5H3/b11-9-,17-15-,23-21-. The highest BCUT2D eigenvalue weighted by molar-refractivity contribution is 5.70. The fraction of sp³-hybridized carbons (Fsp3) is 0.878. The van der Waals surface area contributed by atoms with Gasteiger partial charge in [0.25, 0.3) is 0 Å². The molecule has 2 unspecified atom stereocenters. The number of carboxylic acids is 1. The third-order valence-electron chi connectivity index (χ3n) is 16.4. The third kappa shape index (κ3) is 66.9. The Morgan fingerprint density at radius 2 is 0.687 bits per heavy atom. The molecular formula is C74H139NO8. The Labute approximate surface area is 515 Å². The van der Waals surface area contributed by atoms with Crippen LogP contribution in [0.3, 0.4) is 0 Å². The Balaban J connectivity index is 3.87. The third-order valence-corrected chi connectivity index (χ3v) is 16.4. The first-order valence-electron chi connectivity index (χ1n) is 36.1. The van der Waals surface area contributed by atoms with Crippen LogP contribution in [-0.4, -0.2) is 82.3 Å². The molecule has 0 N–H and O–H groups in total. The van der Waals surface area contributed by atoms with E-state index in [4.69, 9.17) is 18.9 Å². The van der Waals surface area contributed by atoms with E-state index in [0.717, 1.165) is 64.2 Å². The molecule has 0 saturated heterocycles. The number of carbonyl (C=O) groups excluding carboxylic acids is 3. The number of quaternary nitrogens is 1. The second kappa shape index (κ2) is 65.5. The van der Waals surface area contributed by atoms with Crippen molar-refractivity contribution in [1.29, 1.82) is 0 Å². The number of ether oxygens (including phenoxy) is 4. The van der Waals surface area contributed by atoms with Crippen molar-refractivity contribution in [1.82, 2.24) is 0 Å². The highest BCUT2D eigenvalue weighted by Gasteiger charge is 2.22. The van der Waals surface area contributed by atoms with Crippen LogP contribution in [0.15, 0.2) is 36.5 Å². The maximum Gasteiger partial charge on any atom is 0.306 e. The molecule has 0 saturated carbocycles. The molecule has 0 rings (SSSR count). The molecule has 488 valence electrons. The zero-order chi connectivity index (χ0) is 60.5. The van der Waals surface area contributed by atoms with E-state index in [1.165, 1.54) is 263 Å². The number of nitrogens with zero attached hydrogens (tertiary/aromatic N) is 1. The number of carboxylic acid groups (broad SMARTS) is 1. The van der Waals surface area contributed by atoms with Crippen LogP contribution in [0.25, 0.3) is 0 Å². The first kappa shape index (κ1) is 80.5. The SMILES string of the molecule is CC/C=C\C/C=C\C/C=C\CCCCCCCCCC(=O)OC(COC(=O)CCCCCCCCCCCCCCCCCCCCCCCCCCCCCCCCCCCCCCCCCCC)COC(OCC[N+](C)(C)C)C(=O)[O-]. The lowest BCUT2D eigenvalue weighted by molar-refractivity contribution is -0.870.